The molecule has 0 atom stereocenters. The average Bonchev–Trinajstić information content (AvgIpc) is 3.08. The van der Waals surface area contributed by atoms with Crippen LogP contribution in [0.1, 0.15) is 12.6 Å². The van der Waals surface area contributed by atoms with E-state index in [0.717, 1.165) is 34.8 Å². The van der Waals surface area contributed by atoms with Crippen molar-refractivity contribution in [1.82, 2.24) is 9.97 Å². The fourth-order valence-corrected chi connectivity index (χ4v) is 2.69. The normalized spacial score (nSPS) is 10.8. The summed E-state index contributed by atoms with van der Waals surface area (Å²) in [6.45, 7) is 2.10. The van der Waals surface area contributed by atoms with Crippen molar-refractivity contribution in [1.29, 1.82) is 0 Å². The van der Waals surface area contributed by atoms with E-state index >= 15 is 0 Å². The Labute approximate surface area is 115 Å². The highest BCUT2D eigenvalue weighted by Crippen LogP contribution is 2.28. The van der Waals surface area contributed by atoms with Gasteiger partial charge in [0.25, 0.3) is 0 Å². The third-order valence-corrected chi connectivity index (χ3v) is 3.73. The van der Waals surface area contributed by atoms with Crippen LogP contribution in [0.2, 0.25) is 0 Å². The van der Waals surface area contributed by atoms with Gasteiger partial charge in [0, 0.05) is 22.2 Å². The molecule has 0 aliphatic heterocycles. The molecule has 0 aliphatic rings. The van der Waals surface area contributed by atoms with Gasteiger partial charge in [-0.05, 0) is 42.1 Å². The van der Waals surface area contributed by atoms with Crippen molar-refractivity contribution in [2.24, 2.45) is 0 Å². The van der Waals surface area contributed by atoms with E-state index in [9.17, 15) is 4.39 Å². The van der Waals surface area contributed by atoms with Crippen LogP contribution < -0.4 is 0 Å². The van der Waals surface area contributed by atoms with Crippen molar-refractivity contribution in [3.63, 3.8) is 0 Å². The summed E-state index contributed by atoms with van der Waals surface area (Å²) in [5, 5.41) is 4.13. The van der Waals surface area contributed by atoms with E-state index in [-0.39, 0.29) is 5.82 Å². The molecule has 0 spiro atoms. The first-order chi connectivity index (χ1) is 9.28. The number of H-pyrrole nitrogens is 1. The third-order valence-electron chi connectivity index (χ3n) is 3.04. The minimum Gasteiger partial charge on any atom is -0.341 e. The van der Waals surface area contributed by atoms with Gasteiger partial charge in [-0.15, -0.1) is 0 Å². The van der Waals surface area contributed by atoms with Crippen LogP contribution in [0.15, 0.2) is 41.1 Å². The van der Waals surface area contributed by atoms with E-state index in [1.165, 1.54) is 12.1 Å². The van der Waals surface area contributed by atoms with E-state index in [1.807, 2.05) is 5.38 Å². The number of benzene rings is 1. The van der Waals surface area contributed by atoms with Gasteiger partial charge < -0.3 is 4.98 Å². The van der Waals surface area contributed by atoms with E-state index in [4.69, 9.17) is 0 Å². The Bertz CT molecular complexity index is 669. The van der Waals surface area contributed by atoms with E-state index in [0.29, 0.717) is 0 Å². The highest BCUT2D eigenvalue weighted by Gasteiger charge is 2.12. The highest BCUT2D eigenvalue weighted by molar-refractivity contribution is 7.08. The Hall–Kier alpha value is -1.94. The molecule has 0 fully saturated rings. The number of hydrogen-bond donors (Lipinski definition) is 1. The molecule has 3 rings (SSSR count). The molecule has 96 valence electrons. The maximum absolute atomic E-state index is 12.9. The molecule has 0 radical (unpaired) electrons. The van der Waals surface area contributed by atoms with Crippen LogP contribution in [-0.4, -0.2) is 9.97 Å². The smallest absolute Gasteiger partial charge is 0.138 e. The van der Waals surface area contributed by atoms with Crippen molar-refractivity contribution in [2.75, 3.05) is 0 Å². The minimum atomic E-state index is -0.232. The Morgan fingerprint density at radius 2 is 1.95 bits per heavy atom. The molecule has 0 aliphatic carbocycles. The Morgan fingerprint density at radius 3 is 2.58 bits per heavy atom. The molecule has 2 nitrogen and oxygen atoms in total. The lowest BCUT2D eigenvalue weighted by Gasteiger charge is -1.95. The molecule has 0 bridgehead atoms. The standard InChI is InChI=1S/C15H13FN2S/c1-2-13-14(11-7-8-19-9-11)18-15(17-13)10-3-5-12(16)6-4-10/h3-9H,2H2,1H3,(H,17,18). The summed E-state index contributed by atoms with van der Waals surface area (Å²) < 4.78 is 12.9. The SMILES string of the molecule is CCc1[nH]c(-c2ccc(F)cc2)nc1-c1ccsc1. The molecule has 0 saturated carbocycles. The number of nitrogens with zero attached hydrogens (tertiary/aromatic N) is 1. The predicted octanol–water partition coefficient (Wildman–Crippen LogP) is 4.51. The minimum absolute atomic E-state index is 0.232. The van der Waals surface area contributed by atoms with E-state index in [1.54, 1.807) is 23.5 Å². The highest BCUT2D eigenvalue weighted by atomic mass is 32.1. The molecule has 19 heavy (non-hydrogen) atoms. The number of thiophene rings is 1. The topological polar surface area (TPSA) is 28.7 Å². The second kappa shape index (κ2) is 4.97. The van der Waals surface area contributed by atoms with Gasteiger partial charge >= 0.3 is 0 Å². The Balaban J connectivity index is 2.07. The van der Waals surface area contributed by atoms with Crippen LogP contribution in [-0.2, 0) is 6.42 Å². The second-order valence-electron chi connectivity index (χ2n) is 4.29. The van der Waals surface area contributed by atoms with Crippen LogP contribution in [0.25, 0.3) is 22.6 Å². The summed E-state index contributed by atoms with van der Waals surface area (Å²) in [6.07, 6.45) is 0.888. The molecule has 0 amide bonds. The number of halogens is 1. The second-order valence-corrected chi connectivity index (χ2v) is 5.07. The summed E-state index contributed by atoms with van der Waals surface area (Å²) in [7, 11) is 0. The van der Waals surface area contributed by atoms with E-state index < -0.39 is 0 Å². The Morgan fingerprint density at radius 1 is 1.16 bits per heavy atom. The van der Waals surface area contributed by atoms with Crippen LogP contribution in [0, 0.1) is 5.82 Å². The summed E-state index contributed by atoms with van der Waals surface area (Å²) in [5.41, 5.74) is 4.13. The number of imidazole rings is 1. The number of nitrogens with one attached hydrogen (secondary N) is 1. The van der Waals surface area contributed by atoms with Crippen LogP contribution in [0.3, 0.4) is 0 Å². The molecule has 0 unspecified atom stereocenters. The van der Waals surface area contributed by atoms with Crippen molar-refractivity contribution >= 4 is 11.3 Å². The Kier molecular flexibility index (Phi) is 3.17. The molecule has 3 aromatic rings. The third kappa shape index (κ3) is 2.31. The van der Waals surface area contributed by atoms with Crippen molar-refractivity contribution < 1.29 is 4.39 Å². The molecule has 1 aromatic carbocycles. The molecule has 0 saturated heterocycles. The van der Waals surface area contributed by atoms with Crippen molar-refractivity contribution in [2.45, 2.75) is 13.3 Å². The largest absolute Gasteiger partial charge is 0.341 e. The van der Waals surface area contributed by atoms with Crippen molar-refractivity contribution in [3.8, 4) is 22.6 Å². The zero-order chi connectivity index (χ0) is 13.2. The lowest BCUT2D eigenvalue weighted by atomic mass is 10.2. The molecule has 2 heterocycles. The maximum atomic E-state index is 12.9. The van der Waals surface area contributed by atoms with Gasteiger partial charge in [-0.1, -0.05) is 6.92 Å². The molecule has 2 aromatic heterocycles. The van der Waals surface area contributed by atoms with Gasteiger partial charge in [0.1, 0.15) is 11.6 Å². The zero-order valence-electron chi connectivity index (χ0n) is 10.5. The van der Waals surface area contributed by atoms with Crippen molar-refractivity contribution in [3.05, 3.63) is 52.6 Å². The summed E-state index contributed by atoms with van der Waals surface area (Å²) >= 11 is 1.66. The lowest BCUT2D eigenvalue weighted by molar-refractivity contribution is 0.628. The number of aryl methyl sites for hydroxylation is 1. The van der Waals surface area contributed by atoms with Gasteiger partial charge in [0.2, 0.25) is 0 Å². The van der Waals surface area contributed by atoms with Crippen LogP contribution in [0.4, 0.5) is 4.39 Å². The molecule has 1 N–H and O–H groups in total. The first kappa shape index (κ1) is 12.1. The summed E-state index contributed by atoms with van der Waals surface area (Å²) in [4.78, 5) is 7.98. The first-order valence-corrected chi connectivity index (χ1v) is 7.09. The van der Waals surface area contributed by atoms with Gasteiger partial charge in [-0.25, -0.2) is 9.37 Å². The predicted molar refractivity (Wildman–Crippen MR) is 76.7 cm³/mol. The van der Waals surface area contributed by atoms with Gasteiger partial charge in [-0.3, -0.25) is 0 Å². The monoisotopic (exact) mass is 272 g/mol. The first-order valence-electron chi connectivity index (χ1n) is 6.15. The van der Waals surface area contributed by atoms with Gasteiger partial charge in [-0.2, -0.15) is 11.3 Å². The van der Waals surface area contributed by atoms with Gasteiger partial charge in [0.05, 0.1) is 5.69 Å². The number of aromatic amines is 1. The maximum Gasteiger partial charge on any atom is 0.138 e. The average molecular weight is 272 g/mol. The van der Waals surface area contributed by atoms with Crippen LogP contribution >= 0.6 is 11.3 Å². The molecule has 4 heteroatoms. The summed E-state index contributed by atoms with van der Waals surface area (Å²) in [6, 6.07) is 8.45. The van der Waals surface area contributed by atoms with Crippen LogP contribution in [0.5, 0.6) is 0 Å². The summed E-state index contributed by atoms with van der Waals surface area (Å²) in [5.74, 6) is 0.558. The van der Waals surface area contributed by atoms with E-state index in [2.05, 4.69) is 28.3 Å². The molecular weight excluding hydrogens is 259 g/mol. The number of aromatic nitrogens is 2. The fourth-order valence-electron chi connectivity index (χ4n) is 2.05. The lowest BCUT2D eigenvalue weighted by Crippen LogP contribution is -1.83. The number of rotatable bonds is 3. The molecular formula is C15H13FN2S. The van der Waals surface area contributed by atoms with Gasteiger partial charge in [0.15, 0.2) is 0 Å². The zero-order valence-corrected chi connectivity index (χ0v) is 11.3. The quantitative estimate of drug-likeness (QED) is 0.746. The number of hydrogen-bond acceptors (Lipinski definition) is 2. The fraction of sp³-hybridized carbons (Fsp3) is 0.133.